The van der Waals surface area contributed by atoms with Crippen LogP contribution < -0.4 is 16.2 Å². The van der Waals surface area contributed by atoms with Gasteiger partial charge in [-0.25, -0.2) is 0 Å². The zero-order valence-corrected chi connectivity index (χ0v) is 41.7. The Morgan fingerprint density at radius 3 is 1.72 bits per heavy atom. The Bertz CT molecular complexity index is 1700. The van der Waals surface area contributed by atoms with Gasteiger partial charge >= 0.3 is 0 Å². The number of benzene rings is 2. The van der Waals surface area contributed by atoms with Gasteiger partial charge in [0.15, 0.2) is 37.2 Å². The molecule has 0 aliphatic heterocycles. The molecular weight excluding hydrogens is 907 g/mol. The zero-order valence-electron chi connectivity index (χ0n) is 35.5. The fourth-order valence-electron chi connectivity index (χ4n) is 6.36. The second-order valence-corrected chi connectivity index (χ2v) is 32.5. The summed E-state index contributed by atoms with van der Waals surface area (Å²) >= 11 is 6.60. The van der Waals surface area contributed by atoms with Crippen molar-refractivity contribution in [1.82, 2.24) is 16.2 Å². The van der Waals surface area contributed by atoms with Crippen molar-refractivity contribution < 1.29 is 37.1 Å². The highest BCUT2D eigenvalue weighted by Gasteiger charge is 2.48. The van der Waals surface area contributed by atoms with E-state index in [0.29, 0.717) is 12.0 Å². The van der Waals surface area contributed by atoms with E-state index in [4.69, 9.17) is 22.8 Å². The summed E-state index contributed by atoms with van der Waals surface area (Å²) in [5, 5.41) is 3.28. The summed E-state index contributed by atoms with van der Waals surface area (Å²) in [7, 11) is -7.09. The average Bonchev–Trinajstić information content (AvgIpc) is 3.42. The minimum absolute atomic E-state index is 0.00931. The standard InChI is InChI=1S/C41H63Br2N3O8Si3/c1-41(2,3)30-21-19-28(20-22-30)38(47)45-46-40(49)37(51-26-16-24-43)35(54-57(10,11)12)34(53-56(7,8)9)36(50-25-15-23-42)39(48)44-33-31-18-14-13-17-29(31)27-32(33)52-55(4,5)6/h13-24,32-37H,25-27H2,1-12H3,(H,44,48)(H,45,47)(H,46,49)/b23-15+,24-16+/t32-,33+,34-,35-,36-,37-/m1/s1. The molecule has 57 heavy (non-hydrogen) atoms. The molecule has 11 nitrogen and oxygen atoms in total. The van der Waals surface area contributed by atoms with Gasteiger partial charge in [-0.15, -0.1) is 0 Å². The van der Waals surface area contributed by atoms with Gasteiger partial charge < -0.3 is 28.1 Å². The molecule has 1 aliphatic carbocycles. The van der Waals surface area contributed by atoms with Gasteiger partial charge in [-0.3, -0.25) is 25.2 Å². The van der Waals surface area contributed by atoms with Crippen molar-refractivity contribution in [2.75, 3.05) is 13.2 Å². The first-order valence-corrected chi connectivity index (χ1v) is 31.4. The number of halogens is 2. The monoisotopic (exact) mass is 967 g/mol. The number of hydrogen-bond donors (Lipinski definition) is 3. The summed E-state index contributed by atoms with van der Waals surface area (Å²) < 4.78 is 33.1. The Hall–Kier alpha value is -2.26. The number of amides is 3. The quantitative estimate of drug-likeness (QED) is 0.0945. The second-order valence-electron chi connectivity index (χ2n) is 18.0. The number of fused-ring (bicyclic) bond motifs is 1. The molecule has 0 aromatic heterocycles. The second kappa shape index (κ2) is 21.3. The van der Waals surface area contributed by atoms with Gasteiger partial charge in [0.25, 0.3) is 17.7 Å². The van der Waals surface area contributed by atoms with Crippen LogP contribution in [0.2, 0.25) is 58.9 Å². The van der Waals surface area contributed by atoms with Crippen molar-refractivity contribution in [2.24, 2.45) is 0 Å². The first kappa shape index (κ1) is 49.1. The largest absolute Gasteiger partial charge is 0.412 e. The highest BCUT2D eigenvalue weighted by atomic mass is 79.9. The molecule has 2 aromatic carbocycles. The fourth-order valence-corrected chi connectivity index (χ4v) is 9.94. The van der Waals surface area contributed by atoms with Crippen molar-refractivity contribution in [3.8, 4) is 0 Å². The number of carbonyl (C=O) groups is 3. The molecular formula is C41H63Br2N3O8Si3. The summed E-state index contributed by atoms with van der Waals surface area (Å²) in [4.78, 5) is 45.8. The summed E-state index contributed by atoms with van der Waals surface area (Å²) in [6, 6.07) is 14.8. The van der Waals surface area contributed by atoms with Crippen LogP contribution >= 0.6 is 31.9 Å². The van der Waals surface area contributed by atoms with Crippen molar-refractivity contribution in [3.05, 3.63) is 92.9 Å². The first-order valence-electron chi connectivity index (χ1n) is 19.3. The van der Waals surface area contributed by atoms with E-state index in [-0.39, 0.29) is 24.7 Å². The lowest BCUT2D eigenvalue weighted by Crippen LogP contribution is -2.63. The van der Waals surface area contributed by atoms with Gasteiger partial charge in [0, 0.05) is 12.0 Å². The first-order chi connectivity index (χ1) is 26.4. The van der Waals surface area contributed by atoms with E-state index in [1.54, 1.807) is 34.3 Å². The highest BCUT2D eigenvalue weighted by Crippen LogP contribution is 2.36. The molecule has 0 fully saturated rings. The van der Waals surface area contributed by atoms with Crippen molar-refractivity contribution in [2.45, 2.75) is 128 Å². The normalized spacial score (nSPS) is 18.6. The topological polar surface area (TPSA) is 133 Å². The SMILES string of the molecule is CC(C)(C)c1ccc(C(=O)NNC(=O)[C@H](OC/C=C/Br)[C@H](O[Si](C)(C)C)[C@@H](O[Si](C)(C)C)[C@@H](OC/C=C/Br)C(=O)N[C@H]2c3ccccc3C[C@H]2O[Si](C)(C)C)cc1. The smallest absolute Gasteiger partial charge is 0.270 e. The molecule has 0 bridgehead atoms. The maximum atomic E-state index is 14.9. The molecule has 2 aromatic rings. The molecule has 0 spiro atoms. The molecule has 16 heteroatoms. The number of hydrogen-bond acceptors (Lipinski definition) is 8. The van der Waals surface area contributed by atoms with Gasteiger partial charge in [-0.1, -0.05) is 101 Å². The summed E-state index contributed by atoms with van der Waals surface area (Å²) in [5.74, 6) is -1.63. The molecule has 6 atom stereocenters. The van der Waals surface area contributed by atoms with Crippen LogP contribution in [0.3, 0.4) is 0 Å². The van der Waals surface area contributed by atoms with E-state index in [9.17, 15) is 14.4 Å². The van der Waals surface area contributed by atoms with E-state index in [1.165, 1.54) is 0 Å². The maximum Gasteiger partial charge on any atom is 0.270 e. The minimum Gasteiger partial charge on any atom is -0.412 e. The van der Waals surface area contributed by atoms with E-state index < -0.39 is 73.1 Å². The third kappa shape index (κ3) is 16.0. The van der Waals surface area contributed by atoms with E-state index >= 15 is 0 Å². The van der Waals surface area contributed by atoms with Crippen LogP contribution in [0.1, 0.15) is 53.9 Å². The predicted molar refractivity (Wildman–Crippen MR) is 242 cm³/mol. The third-order valence-corrected chi connectivity index (χ3v) is 12.4. The average molecular weight is 970 g/mol. The lowest BCUT2D eigenvalue weighted by Gasteiger charge is -2.42. The maximum absolute atomic E-state index is 14.9. The van der Waals surface area contributed by atoms with Crippen molar-refractivity contribution >= 4 is 74.5 Å². The number of ether oxygens (including phenoxy) is 2. The lowest BCUT2D eigenvalue weighted by molar-refractivity contribution is -0.161. The minimum atomic E-state index is -2.54. The van der Waals surface area contributed by atoms with E-state index in [0.717, 1.165) is 16.7 Å². The molecule has 0 saturated carbocycles. The molecule has 3 rings (SSSR count). The molecule has 0 radical (unpaired) electrons. The van der Waals surface area contributed by atoms with Crippen LogP contribution in [-0.2, 0) is 44.2 Å². The predicted octanol–water partition coefficient (Wildman–Crippen LogP) is 8.41. The number of nitrogens with one attached hydrogen (secondary N) is 3. The summed E-state index contributed by atoms with van der Waals surface area (Å²) in [6.07, 6.45) is -1.09. The van der Waals surface area contributed by atoms with Gasteiger partial charge in [-0.2, -0.15) is 0 Å². The van der Waals surface area contributed by atoms with Gasteiger partial charge in [0.2, 0.25) is 0 Å². The molecule has 1 aliphatic rings. The molecule has 0 heterocycles. The van der Waals surface area contributed by atoms with Gasteiger partial charge in [0.05, 0.1) is 25.4 Å². The van der Waals surface area contributed by atoms with Crippen LogP contribution in [-0.4, -0.2) is 86.4 Å². The molecule has 316 valence electrons. The number of rotatable bonds is 19. The van der Waals surface area contributed by atoms with Crippen LogP contribution in [0.15, 0.2) is 70.7 Å². The van der Waals surface area contributed by atoms with Crippen molar-refractivity contribution in [1.29, 1.82) is 0 Å². The number of hydrazine groups is 1. The summed E-state index contributed by atoms with van der Waals surface area (Å²) in [5.41, 5.74) is 8.56. The Kier molecular flexibility index (Phi) is 18.4. The van der Waals surface area contributed by atoms with Crippen molar-refractivity contribution in [3.63, 3.8) is 0 Å². The summed E-state index contributed by atoms with van der Waals surface area (Å²) in [6.45, 7) is 24.7. The van der Waals surface area contributed by atoms with Gasteiger partial charge in [-0.05, 0) is 103 Å². The Morgan fingerprint density at radius 2 is 1.25 bits per heavy atom. The Morgan fingerprint density at radius 1 is 0.737 bits per heavy atom. The third-order valence-electron chi connectivity index (χ3n) is 8.64. The van der Waals surface area contributed by atoms with Crippen LogP contribution in [0.5, 0.6) is 0 Å². The Balaban J connectivity index is 2.10. The molecule has 0 unspecified atom stereocenters. The Labute approximate surface area is 360 Å². The fraction of sp³-hybridized carbons (Fsp3) is 0.537. The van der Waals surface area contributed by atoms with E-state index in [1.807, 2.05) is 69.6 Å². The number of carbonyl (C=O) groups excluding carboxylic acids is 3. The van der Waals surface area contributed by atoms with E-state index in [2.05, 4.69) is 94.5 Å². The van der Waals surface area contributed by atoms with Crippen LogP contribution in [0, 0.1) is 0 Å². The lowest BCUT2D eigenvalue weighted by atomic mass is 9.87. The highest BCUT2D eigenvalue weighted by molar-refractivity contribution is 9.11. The molecule has 3 amide bonds. The molecule has 0 saturated heterocycles. The van der Waals surface area contributed by atoms with Gasteiger partial charge in [0.1, 0.15) is 12.2 Å². The zero-order chi connectivity index (χ0) is 42.8. The molecule has 3 N–H and O–H groups in total. The van der Waals surface area contributed by atoms with Crippen LogP contribution in [0.4, 0.5) is 0 Å². The van der Waals surface area contributed by atoms with Crippen LogP contribution in [0.25, 0.3) is 0 Å².